The minimum Gasteiger partial charge on any atom is -0.475 e. The van der Waals surface area contributed by atoms with Crippen molar-refractivity contribution in [3.05, 3.63) is 41.0 Å². The van der Waals surface area contributed by atoms with Gasteiger partial charge >= 0.3 is 12.1 Å². The Hall–Kier alpha value is -3.68. The van der Waals surface area contributed by atoms with Crippen LogP contribution in [0.25, 0.3) is 10.4 Å². The Morgan fingerprint density at radius 3 is 1.98 bits per heavy atom. The fraction of sp³-hybridized carbons (Fsp3) is 0.698. The van der Waals surface area contributed by atoms with Gasteiger partial charge in [-0.3, -0.25) is 19.3 Å². The predicted octanol–water partition coefficient (Wildman–Crippen LogP) is 3.75. The number of piperazine rings is 1. The molecule has 0 saturated carbocycles. The van der Waals surface area contributed by atoms with Gasteiger partial charge in [-0.15, -0.1) is 11.3 Å². The van der Waals surface area contributed by atoms with Crippen LogP contribution in [0.3, 0.4) is 0 Å². The van der Waals surface area contributed by atoms with E-state index in [1.165, 1.54) is 63.3 Å². The molecule has 1 aromatic carbocycles. The number of piperidine rings is 2. The molecule has 4 aliphatic heterocycles. The number of aromatic nitrogens is 1. The summed E-state index contributed by atoms with van der Waals surface area (Å²) in [7, 11) is 0. The Labute approximate surface area is 361 Å². The number of carbonyl (C=O) groups excluding carboxylic acids is 3. The van der Waals surface area contributed by atoms with E-state index >= 15 is 0 Å². The van der Waals surface area contributed by atoms with Crippen molar-refractivity contribution < 1.29 is 42.6 Å². The van der Waals surface area contributed by atoms with E-state index in [0.717, 1.165) is 66.3 Å². The fourth-order valence-electron chi connectivity index (χ4n) is 8.70. The van der Waals surface area contributed by atoms with Gasteiger partial charge in [-0.1, -0.05) is 45.0 Å². The summed E-state index contributed by atoms with van der Waals surface area (Å²) in [6.45, 7) is 20.7. The Kier molecular flexibility index (Phi) is 17.1. The number of aryl methyl sites for hydroxylation is 1. The van der Waals surface area contributed by atoms with Crippen LogP contribution in [0.5, 0.6) is 0 Å². The van der Waals surface area contributed by atoms with Crippen molar-refractivity contribution >= 4 is 35.0 Å². The Balaban J connectivity index is 0.000000925. The fourth-order valence-corrected chi connectivity index (χ4v) is 9.51. The van der Waals surface area contributed by atoms with Crippen molar-refractivity contribution in [1.29, 1.82) is 0 Å². The maximum atomic E-state index is 14.2. The number of benzene rings is 1. The smallest absolute Gasteiger partial charge is 0.475 e. The number of nitrogens with zero attached hydrogens (tertiary/aromatic N) is 5. The molecule has 14 nitrogen and oxygen atoms in total. The van der Waals surface area contributed by atoms with E-state index in [-0.39, 0.29) is 43.3 Å². The van der Waals surface area contributed by atoms with E-state index in [1.807, 2.05) is 64.4 Å². The lowest BCUT2D eigenvalue weighted by Crippen LogP contribution is -2.59. The minimum atomic E-state index is -5.08. The highest BCUT2D eigenvalue weighted by atomic mass is 32.1. The number of halogens is 3. The molecule has 5 N–H and O–H groups in total. The summed E-state index contributed by atoms with van der Waals surface area (Å²) in [5, 5.41) is 27.4. The zero-order valence-electron chi connectivity index (χ0n) is 36.2. The normalized spacial score (nSPS) is 22.5. The molecule has 4 atom stereocenters. The van der Waals surface area contributed by atoms with Crippen LogP contribution in [-0.2, 0) is 19.2 Å². The van der Waals surface area contributed by atoms with Crippen LogP contribution in [0, 0.1) is 24.2 Å². The summed E-state index contributed by atoms with van der Waals surface area (Å²) < 4.78 is 31.7. The van der Waals surface area contributed by atoms with Gasteiger partial charge in [-0.05, 0) is 94.1 Å². The standard InChI is InChI=1S/C41H64N8O4S.C2HF3O2/c1-28(32-6-8-33(9-7-32)37-29(2)43-27-54-37)44-39(52)35-22-34(50)25-49(35)40(53)38(41(3,4)5)45-36(51)26-48-20-18-47(19-21-48)24-31-12-16-46(17-13-31)23-30-10-14-42-15-11-30;3-2(4,5)1(6)7/h6-9,27-28,30-31,34-35,38,42,50H,10-26H2,1-5H3,(H,44,52)(H,45,51);(H,6,7)/t28-,34+,35-,38+;/m0./s1. The third-order valence-corrected chi connectivity index (χ3v) is 13.3. The van der Waals surface area contributed by atoms with Crippen LogP contribution in [-0.4, -0.2) is 161 Å². The zero-order valence-corrected chi connectivity index (χ0v) is 37.0. The molecule has 340 valence electrons. The second-order valence-electron chi connectivity index (χ2n) is 18.2. The van der Waals surface area contributed by atoms with E-state index in [1.54, 1.807) is 11.3 Å². The number of aliphatic hydroxyl groups is 1. The van der Waals surface area contributed by atoms with Crippen molar-refractivity contribution in [3.63, 3.8) is 0 Å². The molecular formula is C43H65F3N8O6S. The van der Waals surface area contributed by atoms with Crippen LogP contribution >= 0.6 is 11.3 Å². The largest absolute Gasteiger partial charge is 0.490 e. The van der Waals surface area contributed by atoms with Gasteiger partial charge in [0.05, 0.1) is 34.8 Å². The number of carboxylic acid groups (broad SMARTS) is 1. The van der Waals surface area contributed by atoms with E-state index in [0.29, 0.717) is 0 Å². The first-order valence-electron chi connectivity index (χ1n) is 21.5. The molecule has 3 amide bonds. The lowest BCUT2D eigenvalue weighted by atomic mass is 9.85. The molecule has 1 aromatic heterocycles. The number of aliphatic carboxylic acids is 1. The summed E-state index contributed by atoms with van der Waals surface area (Å²) in [6.07, 6.45) is -0.589. The highest BCUT2D eigenvalue weighted by Gasteiger charge is 2.45. The number of amides is 3. The summed E-state index contributed by atoms with van der Waals surface area (Å²) >= 11 is 1.60. The minimum absolute atomic E-state index is 0.0515. The van der Waals surface area contributed by atoms with Crippen molar-refractivity contribution in [3.8, 4) is 10.4 Å². The van der Waals surface area contributed by atoms with Crippen molar-refractivity contribution in [2.75, 3.05) is 78.5 Å². The molecule has 18 heteroatoms. The number of carbonyl (C=O) groups is 4. The SMILES string of the molecule is Cc1ncsc1-c1ccc([C@H](C)NC(=O)[C@@H]2C[C@@H](O)CN2C(=O)[C@@H](NC(=O)CN2CCN(CC3CCN(CC4CCNCC4)CC3)CC2)C(C)(C)C)cc1.O=C(O)C(F)(F)F. The number of hydrogen-bond acceptors (Lipinski definition) is 11. The average molecular weight is 879 g/mol. The van der Waals surface area contributed by atoms with Gasteiger partial charge in [0, 0.05) is 52.2 Å². The number of β-amino-alcohol motifs (C(OH)–C–C–N with tert-alkyl or cyclic N) is 1. The van der Waals surface area contributed by atoms with Crippen molar-refractivity contribution in [2.45, 2.75) is 97.1 Å². The highest BCUT2D eigenvalue weighted by Crippen LogP contribution is 2.30. The van der Waals surface area contributed by atoms with Gasteiger partial charge in [0.2, 0.25) is 17.7 Å². The Morgan fingerprint density at radius 2 is 1.44 bits per heavy atom. The number of carboxylic acids is 1. The van der Waals surface area contributed by atoms with Crippen molar-refractivity contribution in [1.82, 2.24) is 40.5 Å². The summed E-state index contributed by atoms with van der Waals surface area (Å²) in [6, 6.07) is 6.09. The molecule has 0 unspecified atom stereocenters. The third kappa shape index (κ3) is 14.2. The number of likely N-dealkylation sites (tertiary alicyclic amines) is 2. The number of aliphatic hydroxyl groups excluding tert-OH is 1. The second-order valence-corrected chi connectivity index (χ2v) is 19.1. The predicted molar refractivity (Wildman–Crippen MR) is 228 cm³/mol. The summed E-state index contributed by atoms with van der Waals surface area (Å²) in [4.78, 5) is 64.6. The van der Waals surface area contributed by atoms with Gasteiger partial charge in [-0.2, -0.15) is 13.2 Å². The number of rotatable bonds is 12. The molecule has 0 bridgehead atoms. The first-order chi connectivity index (χ1) is 28.8. The molecule has 4 aliphatic rings. The molecule has 0 radical (unpaired) electrons. The molecule has 6 rings (SSSR count). The number of alkyl halides is 3. The van der Waals surface area contributed by atoms with Crippen LogP contribution in [0.4, 0.5) is 13.2 Å². The summed E-state index contributed by atoms with van der Waals surface area (Å²) in [5.41, 5.74) is 4.24. The molecule has 4 saturated heterocycles. The first kappa shape index (κ1) is 48.4. The van der Waals surface area contributed by atoms with Crippen LogP contribution in [0.2, 0.25) is 0 Å². The van der Waals surface area contributed by atoms with Gasteiger partial charge in [0.15, 0.2) is 0 Å². The maximum Gasteiger partial charge on any atom is 0.490 e. The van der Waals surface area contributed by atoms with Crippen molar-refractivity contribution in [2.24, 2.45) is 17.3 Å². The van der Waals surface area contributed by atoms with E-state index in [2.05, 4.69) is 35.6 Å². The van der Waals surface area contributed by atoms with Crippen LogP contribution in [0.15, 0.2) is 29.8 Å². The molecule has 4 fully saturated rings. The Bertz CT molecular complexity index is 1750. The molecule has 0 spiro atoms. The van der Waals surface area contributed by atoms with E-state index in [9.17, 15) is 32.7 Å². The highest BCUT2D eigenvalue weighted by molar-refractivity contribution is 7.13. The lowest BCUT2D eigenvalue weighted by molar-refractivity contribution is -0.192. The van der Waals surface area contributed by atoms with Gasteiger partial charge < -0.3 is 40.9 Å². The maximum absolute atomic E-state index is 14.2. The quantitative estimate of drug-likeness (QED) is 0.211. The second kappa shape index (κ2) is 21.6. The molecule has 2 aromatic rings. The van der Waals surface area contributed by atoms with Gasteiger partial charge in [0.25, 0.3) is 0 Å². The number of hydrogen-bond donors (Lipinski definition) is 5. The number of thiazole rings is 1. The number of nitrogens with one attached hydrogen (secondary N) is 3. The third-order valence-electron chi connectivity index (χ3n) is 12.3. The van der Waals surface area contributed by atoms with E-state index < -0.39 is 35.7 Å². The van der Waals surface area contributed by atoms with Gasteiger partial charge in [0.1, 0.15) is 12.1 Å². The van der Waals surface area contributed by atoms with E-state index in [4.69, 9.17) is 9.90 Å². The van der Waals surface area contributed by atoms with Gasteiger partial charge in [-0.25, -0.2) is 9.78 Å². The lowest BCUT2D eigenvalue weighted by Gasteiger charge is -2.40. The molecule has 5 heterocycles. The average Bonchev–Trinajstić information content (AvgIpc) is 3.83. The topological polar surface area (TPSA) is 171 Å². The monoisotopic (exact) mass is 878 g/mol. The molecular weight excluding hydrogens is 814 g/mol. The Morgan fingerprint density at radius 1 is 0.885 bits per heavy atom. The molecule has 0 aliphatic carbocycles. The van der Waals surface area contributed by atoms with Crippen LogP contribution in [0.1, 0.15) is 77.1 Å². The summed E-state index contributed by atoms with van der Waals surface area (Å²) in [5.74, 6) is -2.00. The van der Waals surface area contributed by atoms with Crippen LogP contribution < -0.4 is 16.0 Å². The zero-order chi connectivity index (χ0) is 44.5. The first-order valence-corrected chi connectivity index (χ1v) is 22.4. The molecule has 61 heavy (non-hydrogen) atoms.